The van der Waals surface area contributed by atoms with E-state index in [0.29, 0.717) is 5.92 Å². The Balaban J connectivity index is 0.00000121. The van der Waals surface area contributed by atoms with Gasteiger partial charge in [0.1, 0.15) is 0 Å². The summed E-state index contributed by atoms with van der Waals surface area (Å²) in [7, 11) is 2.01. The lowest BCUT2D eigenvalue weighted by Crippen LogP contribution is -2.28. The van der Waals surface area contributed by atoms with Crippen molar-refractivity contribution in [3.8, 4) is 0 Å². The highest BCUT2D eigenvalue weighted by atomic mass is 35.5. The van der Waals surface area contributed by atoms with Crippen LogP contribution in [0.1, 0.15) is 47.8 Å². The van der Waals surface area contributed by atoms with Crippen LogP contribution in [0.15, 0.2) is 48.5 Å². The molecule has 1 heterocycles. The summed E-state index contributed by atoms with van der Waals surface area (Å²) < 4.78 is 0. The van der Waals surface area contributed by atoms with Crippen molar-refractivity contribution in [3.05, 3.63) is 65.2 Å². The summed E-state index contributed by atoms with van der Waals surface area (Å²) in [4.78, 5) is 2.70. The molecule has 142 valence electrons. The summed E-state index contributed by atoms with van der Waals surface area (Å²) in [6.07, 6.45) is 5.23. The standard InChI is InChI=1S/C22H28N2.2ClH/c1-23-21-10-11-22-18(14-21)8-5-9-20(22)16-24-13-12-19(15-24)17-6-3-2-4-7-17;;/h2-4,6-7,10-11,14,19-20,23H,5,8-9,12-13,15-16H2,1H3;2*1H. The number of nitrogens with zero attached hydrogens (tertiary/aromatic N) is 1. The van der Waals surface area contributed by atoms with E-state index in [1.54, 1.807) is 11.1 Å². The van der Waals surface area contributed by atoms with E-state index >= 15 is 0 Å². The van der Waals surface area contributed by atoms with Crippen LogP contribution in [-0.4, -0.2) is 31.6 Å². The molecule has 0 bridgehead atoms. The normalized spacial score (nSPS) is 22.0. The van der Waals surface area contributed by atoms with Crippen molar-refractivity contribution in [2.75, 3.05) is 32.0 Å². The zero-order chi connectivity index (χ0) is 16.4. The van der Waals surface area contributed by atoms with Gasteiger partial charge >= 0.3 is 0 Å². The van der Waals surface area contributed by atoms with E-state index in [-0.39, 0.29) is 24.8 Å². The highest BCUT2D eigenvalue weighted by Gasteiger charge is 2.28. The van der Waals surface area contributed by atoms with Crippen molar-refractivity contribution in [2.45, 2.75) is 37.5 Å². The van der Waals surface area contributed by atoms with Gasteiger partial charge in [0.2, 0.25) is 0 Å². The summed E-state index contributed by atoms with van der Waals surface area (Å²) in [6.45, 7) is 3.71. The van der Waals surface area contributed by atoms with E-state index in [1.165, 1.54) is 56.6 Å². The first-order chi connectivity index (χ1) is 11.8. The number of hydrogen-bond donors (Lipinski definition) is 1. The van der Waals surface area contributed by atoms with Crippen molar-refractivity contribution >= 4 is 30.5 Å². The molecule has 4 rings (SSSR count). The lowest BCUT2D eigenvalue weighted by Gasteiger charge is -2.30. The molecule has 1 fully saturated rings. The Kier molecular flexibility index (Phi) is 7.82. The number of hydrogen-bond acceptors (Lipinski definition) is 2. The van der Waals surface area contributed by atoms with Crippen molar-refractivity contribution < 1.29 is 0 Å². The summed E-state index contributed by atoms with van der Waals surface area (Å²) in [6, 6.07) is 18.0. The van der Waals surface area contributed by atoms with Gasteiger partial charge in [-0.2, -0.15) is 0 Å². The molecule has 2 aliphatic rings. The van der Waals surface area contributed by atoms with Crippen LogP contribution in [0, 0.1) is 0 Å². The van der Waals surface area contributed by atoms with Gasteiger partial charge in [0.25, 0.3) is 0 Å². The first kappa shape index (κ1) is 21.1. The molecule has 1 N–H and O–H groups in total. The van der Waals surface area contributed by atoms with Gasteiger partial charge in [-0.3, -0.25) is 0 Å². The van der Waals surface area contributed by atoms with Gasteiger partial charge in [-0.25, -0.2) is 0 Å². The Bertz CT molecular complexity index is 690. The SMILES string of the molecule is CNc1ccc2c(c1)CCCC2CN1CCC(c2ccccc2)C1.Cl.Cl. The molecule has 26 heavy (non-hydrogen) atoms. The third-order valence-electron chi connectivity index (χ3n) is 5.89. The molecule has 1 aliphatic heterocycles. The zero-order valence-corrected chi connectivity index (χ0v) is 17.1. The number of nitrogens with one attached hydrogen (secondary N) is 1. The van der Waals surface area contributed by atoms with Crippen molar-refractivity contribution in [2.24, 2.45) is 0 Å². The fourth-order valence-corrected chi connectivity index (χ4v) is 4.57. The second kappa shape index (κ2) is 9.64. The molecule has 2 nitrogen and oxygen atoms in total. The van der Waals surface area contributed by atoms with Crippen molar-refractivity contribution in [1.82, 2.24) is 4.90 Å². The van der Waals surface area contributed by atoms with Gasteiger partial charge in [-0.1, -0.05) is 36.4 Å². The lowest BCUT2D eigenvalue weighted by atomic mass is 9.82. The Hall–Kier alpha value is -1.22. The molecule has 0 aromatic heterocycles. The van der Waals surface area contributed by atoms with Gasteiger partial charge in [-0.15, -0.1) is 24.8 Å². The minimum Gasteiger partial charge on any atom is -0.388 e. The first-order valence-electron chi connectivity index (χ1n) is 9.41. The summed E-state index contributed by atoms with van der Waals surface area (Å²) in [5.74, 6) is 1.44. The number of anilines is 1. The fraction of sp³-hybridized carbons (Fsp3) is 0.455. The van der Waals surface area contributed by atoms with Crippen LogP contribution < -0.4 is 5.32 Å². The average molecular weight is 393 g/mol. The largest absolute Gasteiger partial charge is 0.388 e. The van der Waals surface area contributed by atoms with Gasteiger partial charge < -0.3 is 10.2 Å². The molecule has 1 saturated heterocycles. The van der Waals surface area contributed by atoms with Crippen LogP contribution in [-0.2, 0) is 6.42 Å². The minimum atomic E-state index is 0. The van der Waals surface area contributed by atoms with Crippen LogP contribution in [0.25, 0.3) is 0 Å². The minimum absolute atomic E-state index is 0. The van der Waals surface area contributed by atoms with E-state index in [9.17, 15) is 0 Å². The van der Waals surface area contributed by atoms with Crippen LogP contribution in [0.5, 0.6) is 0 Å². The van der Waals surface area contributed by atoms with E-state index < -0.39 is 0 Å². The molecule has 0 saturated carbocycles. The van der Waals surface area contributed by atoms with Gasteiger partial charge in [0.05, 0.1) is 0 Å². The van der Waals surface area contributed by atoms with E-state index in [1.807, 2.05) is 7.05 Å². The summed E-state index contributed by atoms with van der Waals surface area (Å²) in [5, 5.41) is 3.28. The number of likely N-dealkylation sites (tertiary alicyclic amines) is 1. The first-order valence-corrected chi connectivity index (χ1v) is 9.41. The molecular formula is C22H30Cl2N2. The molecule has 1 aliphatic carbocycles. The molecule has 2 atom stereocenters. The maximum absolute atomic E-state index is 3.28. The maximum Gasteiger partial charge on any atom is 0.0340 e. The number of halogens is 2. The molecule has 0 radical (unpaired) electrons. The van der Waals surface area contributed by atoms with Gasteiger partial charge in [0.15, 0.2) is 0 Å². The topological polar surface area (TPSA) is 15.3 Å². The van der Waals surface area contributed by atoms with E-state index in [0.717, 1.165) is 5.92 Å². The maximum atomic E-state index is 3.28. The monoisotopic (exact) mass is 392 g/mol. The number of aryl methyl sites for hydroxylation is 1. The zero-order valence-electron chi connectivity index (χ0n) is 15.5. The molecule has 2 aromatic rings. The molecule has 2 unspecified atom stereocenters. The summed E-state index contributed by atoms with van der Waals surface area (Å²) in [5.41, 5.74) is 5.93. The third kappa shape index (κ3) is 4.54. The Morgan fingerprint density at radius 2 is 1.85 bits per heavy atom. The second-order valence-corrected chi connectivity index (χ2v) is 7.41. The Morgan fingerprint density at radius 3 is 2.62 bits per heavy atom. The van der Waals surface area contributed by atoms with Gasteiger partial charge in [0, 0.05) is 25.8 Å². The van der Waals surface area contributed by atoms with Crippen LogP contribution in [0.4, 0.5) is 5.69 Å². The van der Waals surface area contributed by atoms with Crippen LogP contribution in [0.2, 0.25) is 0 Å². The Labute approximate surface area is 170 Å². The molecule has 4 heteroatoms. The van der Waals surface area contributed by atoms with Crippen LogP contribution >= 0.6 is 24.8 Å². The predicted molar refractivity (Wildman–Crippen MR) is 116 cm³/mol. The quantitative estimate of drug-likeness (QED) is 0.740. The van der Waals surface area contributed by atoms with Crippen molar-refractivity contribution in [1.29, 1.82) is 0 Å². The predicted octanol–water partition coefficient (Wildman–Crippen LogP) is 5.48. The van der Waals surface area contributed by atoms with E-state index in [4.69, 9.17) is 0 Å². The summed E-state index contributed by atoms with van der Waals surface area (Å²) >= 11 is 0. The number of rotatable bonds is 4. The Morgan fingerprint density at radius 1 is 1.04 bits per heavy atom. The number of benzene rings is 2. The number of fused-ring (bicyclic) bond motifs is 1. The highest BCUT2D eigenvalue weighted by molar-refractivity contribution is 5.85. The second-order valence-electron chi connectivity index (χ2n) is 7.41. The third-order valence-corrected chi connectivity index (χ3v) is 5.89. The highest BCUT2D eigenvalue weighted by Crippen LogP contribution is 2.36. The van der Waals surface area contributed by atoms with E-state index in [2.05, 4.69) is 58.7 Å². The average Bonchev–Trinajstić information content (AvgIpc) is 3.11. The fourth-order valence-electron chi connectivity index (χ4n) is 4.57. The molecule has 0 amide bonds. The molecule has 0 spiro atoms. The molecule has 2 aromatic carbocycles. The molecular weight excluding hydrogens is 363 g/mol. The lowest BCUT2D eigenvalue weighted by molar-refractivity contribution is 0.297. The van der Waals surface area contributed by atoms with Crippen molar-refractivity contribution in [3.63, 3.8) is 0 Å². The van der Waals surface area contributed by atoms with Crippen LogP contribution in [0.3, 0.4) is 0 Å². The smallest absolute Gasteiger partial charge is 0.0340 e. The van der Waals surface area contributed by atoms with Gasteiger partial charge in [-0.05, 0) is 72.9 Å².